The highest BCUT2D eigenvalue weighted by Crippen LogP contribution is 2.04. The number of nitrogens with two attached hydrogens (primary N) is 1. The van der Waals surface area contributed by atoms with Gasteiger partial charge in [0.15, 0.2) is 0 Å². The number of rotatable bonds is 3. The third-order valence-corrected chi connectivity index (χ3v) is 1.54. The molecule has 0 spiro atoms. The monoisotopic (exact) mass is 163 g/mol. The molecule has 4 N–H and O–H groups in total. The molecule has 0 amide bonds. The van der Waals surface area contributed by atoms with Crippen LogP contribution < -0.4 is 5.73 Å². The van der Waals surface area contributed by atoms with Gasteiger partial charge in [0, 0.05) is 7.11 Å². The standard InChI is InChI=1S/C6H13NO2.CH4O/c1-3-4(2)5(7)6(8)9;1-2/h4-5H,3,7H2,1-2H3,(H,8,9);2H,1H3/t4-,5-;/m0./s1. The molecule has 0 rings (SSSR count). The van der Waals surface area contributed by atoms with Gasteiger partial charge in [-0.15, -0.1) is 0 Å². The molecular weight excluding hydrogens is 146 g/mol. The Kier molecular flexibility index (Phi) is 8.87. The maximum atomic E-state index is 10.2. The zero-order chi connectivity index (χ0) is 9.44. The van der Waals surface area contributed by atoms with Crippen molar-refractivity contribution in [1.29, 1.82) is 0 Å². The lowest BCUT2D eigenvalue weighted by molar-refractivity contribution is -0.139. The summed E-state index contributed by atoms with van der Waals surface area (Å²) in [5.74, 6) is -0.841. The van der Waals surface area contributed by atoms with Crippen LogP contribution in [0.1, 0.15) is 20.3 Å². The molecule has 4 nitrogen and oxygen atoms in total. The number of carbonyl (C=O) groups is 1. The van der Waals surface area contributed by atoms with E-state index in [-0.39, 0.29) is 5.92 Å². The summed E-state index contributed by atoms with van der Waals surface area (Å²) < 4.78 is 0. The van der Waals surface area contributed by atoms with Gasteiger partial charge in [-0.25, -0.2) is 0 Å². The lowest BCUT2D eigenvalue weighted by Gasteiger charge is -2.11. The van der Waals surface area contributed by atoms with Gasteiger partial charge < -0.3 is 15.9 Å². The van der Waals surface area contributed by atoms with Crippen molar-refractivity contribution in [3.05, 3.63) is 0 Å². The van der Waals surface area contributed by atoms with Crippen molar-refractivity contribution in [2.75, 3.05) is 7.11 Å². The minimum atomic E-state index is -0.913. The highest BCUT2D eigenvalue weighted by Gasteiger charge is 2.17. The van der Waals surface area contributed by atoms with Gasteiger partial charge in [-0.1, -0.05) is 20.3 Å². The first kappa shape index (κ1) is 13.0. The molecule has 0 heterocycles. The molecule has 0 saturated carbocycles. The van der Waals surface area contributed by atoms with Crippen LogP contribution in [0.15, 0.2) is 0 Å². The molecular formula is C7H17NO3. The molecule has 0 radical (unpaired) electrons. The average molecular weight is 163 g/mol. The molecule has 0 bridgehead atoms. The Morgan fingerprint density at radius 1 is 1.55 bits per heavy atom. The Hall–Kier alpha value is -0.610. The average Bonchev–Trinajstić information content (AvgIpc) is 2.05. The zero-order valence-electron chi connectivity index (χ0n) is 7.24. The van der Waals surface area contributed by atoms with E-state index in [4.69, 9.17) is 15.9 Å². The van der Waals surface area contributed by atoms with Crippen LogP contribution in [-0.4, -0.2) is 29.3 Å². The van der Waals surface area contributed by atoms with Crippen molar-refractivity contribution in [2.24, 2.45) is 11.7 Å². The van der Waals surface area contributed by atoms with Gasteiger partial charge in [0.25, 0.3) is 0 Å². The molecule has 0 aliphatic rings. The summed E-state index contributed by atoms with van der Waals surface area (Å²) in [5, 5.41) is 15.4. The fourth-order valence-corrected chi connectivity index (χ4v) is 0.497. The van der Waals surface area contributed by atoms with E-state index in [0.29, 0.717) is 0 Å². The third-order valence-electron chi connectivity index (χ3n) is 1.54. The molecule has 0 fully saturated rings. The molecule has 0 aliphatic heterocycles. The van der Waals surface area contributed by atoms with Crippen LogP contribution in [0.3, 0.4) is 0 Å². The summed E-state index contributed by atoms with van der Waals surface area (Å²) in [7, 11) is 1.00. The topological polar surface area (TPSA) is 83.6 Å². The number of carboxylic acid groups (broad SMARTS) is 1. The Balaban J connectivity index is 0. The number of aliphatic hydroxyl groups is 1. The van der Waals surface area contributed by atoms with Crippen molar-refractivity contribution in [2.45, 2.75) is 26.3 Å². The summed E-state index contributed by atoms with van der Waals surface area (Å²) in [6.07, 6.45) is 0.813. The molecule has 11 heavy (non-hydrogen) atoms. The lowest BCUT2D eigenvalue weighted by Crippen LogP contribution is -2.36. The quantitative estimate of drug-likeness (QED) is 0.549. The van der Waals surface area contributed by atoms with Crippen LogP contribution in [-0.2, 0) is 4.79 Å². The van der Waals surface area contributed by atoms with Crippen LogP contribution in [0.4, 0.5) is 0 Å². The number of carboxylic acids is 1. The number of aliphatic carboxylic acids is 1. The molecule has 0 aromatic heterocycles. The van der Waals surface area contributed by atoms with E-state index >= 15 is 0 Å². The fraction of sp³-hybridized carbons (Fsp3) is 0.857. The molecule has 4 heteroatoms. The molecule has 0 aromatic carbocycles. The number of hydrogen-bond acceptors (Lipinski definition) is 3. The maximum Gasteiger partial charge on any atom is 0.320 e. The van der Waals surface area contributed by atoms with E-state index in [1.54, 1.807) is 0 Å². The highest BCUT2D eigenvalue weighted by atomic mass is 16.4. The van der Waals surface area contributed by atoms with E-state index in [9.17, 15) is 4.79 Å². The van der Waals surface area contributed by atoms with Gasteiger partial charge in [-0.2, -0.15) is 0 Å². The van der Waals surface area contributed by atoms with Crippen LogP contribution in [0, 0.1) is 5.92 Å². The van der Waals surface area contributed by atoms with Crippen LogP contribution in [0.5, 0.6) is 0 Å². The predicted octanol–water partition coefficient (Wildman–Crippen LogP) is 0.0529. The van der Waals surface area contributed by atoms with Crippen molar-refractivity contribution >= 4 is 5.97 Å². The smallest absolute Gasteiger partial charge is 0.320 e. The SMILES string of the molecule is CC[C@H](C)[C@H](N)C(=O)O.CO. The summed E-state index contributed by atoms with van der Waals surface area (Å²) in [6, 6.07) is -0.699. The summed E-state index contributed by atoms with van der Waals surface area (Å²) in [5.41, 5.74) is 5.27. The first-order valence-electron chi connectivity index (χ1n) is 3.52. The third kappa shape index (κ3) is 5.82. The Morgan fingerprint density at radius 2 is 1.91 bits per heavy atom. The van der Waals surface area contributed by atoms with Crippen LogP contribution in [0.25, 0.3) is 0 Å². The molecule has 0 saturated heterocycles. The normalized spacial score (nSPS) is 14.3. The van der Waals surface area contributed by atoms with Gasteiger partial charge in [-0.3, -0.25) is 4.79 Å². The minimum absolute atomic E-state index is 0.0718. The van der Waals surface area contributed by atoms with Crippen LogP contribution in [0.2, 0.25) is 0 Å². The second kappa shape index (κ2) is 7.50. The maximum absolute atomic E-state index is 10.2. The van der Waals surface area contributed by atoms with E-state index in [1.807, 2.05) is 13.8 Å². The van der Waals surface area contributed by atoms with Gasteiger partial charge in [0.05, 0.1) is 0 Å². The van der Waals surface area contributed by atoms with Gasteiger partial charge in [0.2, 0.25) is 0 Å². The van der Waals surface area contributed by atoms with Crippen molar-refractivity contribution in [3.8, 4) is 0 Å². The number of aliphatic hydroxyl groups excluding tert-OH is 1. The largest absolute Gasteiger partial charge is 0.480 e. The molecule has 68 valence electrons. The minimum Gasteiger partial charge on any atom is -0.480 e. The Morgan fingerprint density at radius 3 is 2.00 bits per heavy atom. The van der Waals surface area contributed by atoms with Crippen molar-refractivity contribution in [3.63, 3.8) is 0 Å². The first-order chi connectivity index (χ1) is 5.09. The lowest BCUT2D eigenvalue weighted by atomic mass is 10.0. The molecule has 0 aromatic rings. The van der Waals surface area contributed by atoms with E-state index in [2.05, 4.69) is 0 Å². The zero-order valence-corrected chi connectivity index (χ0v) is 7.24. The summed E-state index contributed by atoms with van der Waals surface area (Å²) in [6.45, 7) is 3.76. The van der Waals surface area contributed by atoms with Gasteiger partial charge in [0.1, 0.15) is 6.04 Å². The second-order valence-electron chi connectivity index (χ2n) is 2.25. The Bertz CT molecular complexity index is 106. The van der Waals surface area contributed by atoms with Crippen molar-refractivity contribution in [1.82, 2.24) is 0 Å². The van der Waals surface area contributed by atoms with Gasteiger partial charge >= 0.3 is 5.97 Å². The second-order valence-corrected chi connectivity index (χ2v) is 2.25. The van der Waals surface area contributed by atoms with E-state index < -0.39 is 12.0 Å². The summed E-state index contributed by atoms with van der Waals surface area (Å²) in [4.78, 5) is 10.2. The molecule has 0 aliphatic carbocycles. The molecule has 0 unspecified atom stereocenters. The first-order valence-corrected chi connectivity index (χ1v) is 3.52. The fourth-order valence-electron chi connectivity index (χ4n) is 0.497. The van der Waals surface area contributed by atoms with Crippen molar-refractivity contribution < 1.29 is 15.0 Å². The highest BCUT2D eigenvalue weighted by molar-refractivity contribution is 5.73. The molecule has 2 atom stereocenters. The summed E-state index contributed by atoms with van der Waals surface area (Å²) >= 11 is 0. The van der Waals surface area contributed by atoms with E-state index in [0.717, 1.165) is 13.5 Å². The number of hydrogen-bond donors (Lipinski definition) is 3. The predicted molar refractivity (Wildman–Crippen MR) is 43.2 cm³/mol. The van der Waals surface area contributed by atoms with E-state index in [1.165, 1.54) is 0 Å². The Labute approximate surface area is 67.0 Å². The van der Waals surface area contributed by atoms with Crippen LogP contribution >= 0.6 is 0 Å². The van der Waals surface area contributed by atoms with Gasteiger partial charge in [-0.05, 0) is 5.92 Å².